The van der Waals surface area contributed by atoms with Gasteiger partial charge < -0.3 is 5.32 Å². The summed E-state index contributed by atoms with van der Waals surface area (Å²) in [5.74, 6) is -0.108. The summed E-state index contributed by atoms with van der Waals surface area (Å²) in [5.41, 5.74) is 1.66. The number of rotatable bonds is 4. The van der Waals surface area contributed by atoms with Crippen molar-refractivity contribution in [1.29, 1.82) is 0 Å². The van der Waals surface area contributed by atoms with E-state index in [1.165, 1.54) is 12.1 Å². The van der Waals surface area contributed by atoms with Crippen molar-refractivity contribution in [2.45, 2.75) is 20.3 Å². The van der Waals surface area contributed by atoms with Crippen molar-refractivity contribution < 1.29 is 9.18 Å². The van der Waals surface area contributed by atoms with E-state index in [9.17, 15) is 9.18 Å². The lowest BCUT2D eigenvalue weighted by atomic mass is 10.0. The van der Waals surface area contributed by atoms with Gasteiger partial charge in [-0.1, -0.05) is 25.1 Å². The molecule has 0 fully saturated rings. The fraction of sp³-hybridized carbons (Fsp3) is 0.250. The highest BCUT2D eigenvalue weighted by Gasteiger charge is 2.14. The van der Waals surface area contributed by atoms with E-state index in [0.717, 1.165) is 11.3 Å². The third kappa shape index (κ3) is 3.88. The fourth-order valence-electron chi connectivity index (χ4n) is 1.97. The van der Waals surface area contributed by atoms with Gasteiger partial charge in [-0.3, -0.25) is 4.79 Å². The minimum absolute atomic E-state index is 0.118. The van der Waals surface area contributed by atoms with E-state index in [1.807, 2.05) is 32.0 Å². The number of halogens is 1. The largest absolute Gasteiger partial charge is 0.310 e. The van der Waals surface area contributed by atoms with E-state index in [1.54, 1.807) is 12.1 Å². The number of anilines is 1. The summed E-state index contributed by atoms with van der Waals surface area (Å²) in [6.07, 6.45) is 0.495. The number of amides is 1. The molecule has 0 unspecified atom stereocenters. The zero-order valence-corrected chi connectivity index (χ0v) is 11.6. The van der Waals surface area contributed by atoms with E-state index < -0.39 is 0 Å². The van der Waals surface area contributed by atoms with Gasteiger partial charge in [0.2, 0.25) is 5.91 Å². The minimum atomic E-state index is -0.282. The van der Waals surface area contributed by atoms with Gasteiger partial charge in [0.25, 0.3) is 0 Å². The number of nitrogens with one attached hydrogen (secondary N) is 1. The van der Waals surface area contributed by atoms with Gasteiger partial charge in [-0.2, -0.15) is 0 Å². The summed E-state index contributed by atoms with van der Waals surface area (Å²) >= 11 is 0. The first-order chi connectivity index (χ1) is 9.54. The van der Waals surface area contributed by atoms with Crippen LogP contribution in [-0.2, 0) is 11.2 Å². The number of hydrogen-bond acceptors (Lipinski definition) is 2. The average molecular weight is 272 g/mol. The van der Waals surface area contributed by atoms with Crippen LogP contribution in [-0.4, -0.2) is 10.9 Å². The molecule has 4 heteroatoms. The molecule has 1 atom stereocenters. The molecule has 0 saturated carbocycles. The number of benzene rings is 1. The van der Waals surface area contributed by atoms with Crippen LogP contribution in [0.4, 0.5) is 10.2 Å². The molecular weight excluding hydrogens is 255 g/mol. The third-order valence-corrected chi connectivity index (χ3v) is 3.02. The van der Waals surface area contributed by atoms with Crippen LogP contribution in [0.5, 0.6) is 0 Å². The summed E-state index contributed by atoms with van der Waals surface area (Å²) in [4.78, 5) is 16.3. The minimum Gasteiger partial charge on any atom is -0.310 e. The van der Waals surface area contributed by atoms with E-state index in [2.05, 4.69) is 10.3 Å². The van der Waals surface area contributed by atoms with Crippen LogP contribution in [0.3, 0.4) is 0 Å². The van der Waals surface area contributed by atoms with Crippen molar-refractivity contribution >= 4 is 11.7 Å². The molecule has 0 bridgehead atoms. The van der Waals surface area contributed by atoms with Gasteiger partial charge in [-0.05, 0) is 43.2 Å². The second-order valence-electron chi connectivity index (χ2n) is 4.89. The molecule has 1 amide bonds. The first-order valence-electron chi connectivity index (χ1n) is 6.53. The molecule has 0 radical (unpaired) electrons. The molecule has 0 saturated heterocycles. The summed E-state index contributed by atoms with van der Waals surface area (Å²) in [5, 5.41) is 2.77. The highest BCUT2D eigenvalue weighted by atomic mass is 19.1. The Bertz CT molecular complexity index is 613. The Labute approximate surface area is 117 Å². The SMILES string of the molecule is Cc1cccc(NC(=O)[C@@H](C)Cc2cccc(F)c2)n1. The molecule has 1 aromatic carbocycles. The maximum absolute atomic E-state index is 13.1. The van der Waals surface area contributed by atoms with Crippen LogP contribution in [0.1, 0.15) is 18.2 Å². The Hall–Kier alpha value is -2.23. The maximum atomic E-state index is 13.1. The Morgan fingerprint density at radius 1 is 1.30 bits per heavy atom. The van der Waals surface area contributed by atoms with Crippen LogP contribution >= 0.6 is 0 Å². The maximum Gasteiger partial charge on any atom is 0.228 e. The van der Waals surface area contributed by atoms with Crippen molar-refractivity contribution in [3.8, 4) is 0 Å². The normalized spacial score (nSPS) is 11.9. The summed E-state index contributed by atoms with van der Waals surface area (Å²) < 4.78 is 13.1. The molecule has 0 aliphatic heterocycles. The number of carbonyl (C=O) groups is 1. The molecule has 0 aliphatic rings. The molecule has 104 valence electrons. The monoisotopic (exact) mass is 272 g/mol. The number of nitrogens with zero attached hydrogens (tertiary/aromatic N) is 1. The number of aryl methyl sites for hydroxylation is 1. The number of carbonyl (C=O) groups excluding carboxylic acids is 1. The van der Waals surface area contributed by atoms with E-state index in [4.69, 9.17) is 0 Å². The molecule has 20 heavy (non-hydrogen) atoms. The topological polar surface area (TPSA) is 42.0 Å². The van der Waals surface area contributed by atoms with Gasteiger partial charge in [0.1, 0.15) is 11.6 Å². The Balaban J connectivity index is 1.98. The van der Waals surface area contributed by atoms with Crippen LogP contribution in [0, 0.1) is 18.7 Å². The second kappa shape index (κ2) is 6.28. The zero-order valence-electron chi connectivity index (χ0n) is 11.6. The van der Waals surface area contributed by atoms with Gasteiger partial charge in [0, 0.05) is 11.6 Å². The molecule has 2 rings (SSSR count). The highest BCUT2D eigenvalue weighted by molar-refractivity contribution is 5.91. The Morgan fingerprint density at radius 3 is 2.75 bits per heavy atom. The van der Waals surface area contributed by atoms with Crippen molar-refractivity contribution in [3.05, 3.63) is 59.5 Å². The van der Waals surface area contributed by atoms with Gasteiger partial charge in [-0.25, -0.2) is 9.37 Å². The van der Waals surface area contributed by atoms with Gasteiger partial charge in [-0.15, -0.1) is 0 Å². The number of aromatic nitrogens is 1. The summed E-state index contributed by atoms with van der Waals surface area (Å²) in [7, 11) is 0. The summed E-state index contributed by atoms with van der Waals surface area (Å²) in [6.45, 7) is 3.68. The fourth-order valence-corrected chi connectivity index (χ4v) is 1.97. The van der Waals surface area contributed by atoms with Crippen molar-refractivity contribution in [2.75, 3.05) is 5.32 Å². The van der Waals surface area contributed by atoms with Crippen molar-refractivity contribution in [2.24, 2.45) is 5.92 Å². The molecular formula is C16H17FN2O. The van der Waals surface area contributed by atoms with Gasteiger partial charge in [0.15, 0.2) is 0 Å². The predicted octanol–water partition coefficient (Wildman–Crippen LogP) is 3.35. The standard InChI is InChI=1S/C16H17FN2O/c1-11(9-13-6-4-7-14(17)10-13)16(20)19-15-8-3-5-12(2)18-15/h3-8,10-11H,9H2,1-2H3,(H,18,19,20)/t11-/m0/s1. The molecule has 1 aromatic heterocycles. The molecule has 2 aromatic rings. The zero-order chi connectivity index (χ0) is 14.5. The van der Waals surface area contributed by atoms with Crippen molar-refractivity contribution in [3.63, 3.8) is 0 Å². The molecule has 1 N–H and O–H groups in total. The smallest absolute Gasteiger partial charge is 0.228 e. The lowest BCUT2D eigenvalue weighted by molar-refractivity contribution is -0.119. The molecule has 0 aliphatic carbocycles. The number of pyridine rings is 1. The lowest BCUT2D eigenvalue weighted by Crippen LogP contribution is -2.22. The van der Waals surface area contributed by atoms with Crippen molar-refractivity contribution in [1.82, 2.24) is 4.98 Å². The molecule has 3 nitrogen and oxygen atoms in total. The summed E-state index contributed by atoms with van der Waals surface area (Å²) in [6, 6.07) is 11.8. The number of hydrogen-bond donors (Lipinski definition) is 1. The Kier molecular flexibility index (Phi) is 4.45. The second-order valence-corrected chi connectivity index (χ2v) is 4.89. The van der Waals surface area contributed by atoms with E-state index >= 15 is 0 Å². The first kappa shape index (κ1) is 14.2. The van der Waals surface area contributed by atoms with Crippen LogP contribution in [0.2, 0.25) is 0 Å². The lowest BCUT2D eigenvalue weighted by Gasteiger charge is -2.12. The molecule has 0 spiro atoms. The van der Waals surface area contributed by atoms with Crippen LogP contribution < -0.4 is 5.32 Å². The van der Waals surface area contributed by atoms with Crippen LogP contribution in [0.15, 0.2) is 42.5 Å². The highest BCUT2D eigenvalue weighted by Crippen LogP contribution is 2.13. The van der Waals surface area contributed by atoms with Gasteiger partial charge >= 0.3 is 0 Å². The first-order valence-corrected chi connectivity index (χ1v) is 6.53. The average Bonchev–Trinajstić information content (AvgIpc) is 2.38. The van der Waals surface area contributed by atoms with Crippen LogP contribution in [0.25, 0.3) is 0 Å². The quantitative estimate of drug-likeness (QED) is 0.927. The van der Waals surface area contributed by atoms with E-state index in [-0.39, 0.29) is 17.6 Å². The third-order valence-electron chi connectivity index (χ3n) is 3.02. The van der Waals surface area contributed by atoms with E-state index in [0.29, 0.717) is 12.2 Å². The van der Waals surface area contributed by atoms with Gasteiger partial charge in [0.05, 0.1) is 0 Å². The predicted molar refractivity (Wildman–Crippen MR) is 76.9 cm³/mol. The molecule has 1 heterocycles. The Morgan fingerprint density at radius 2 is 2.05 bits per heavy atom.